The largest absolute Gasteiger partial charge is 0.485 e. The standard InChI is InChI=1S/C18H15ClF3NO5/c1-27-17(24)15(23(25)26)10-16(11-2-6-13(19)7-3-11)28-14-8-4-12(5-9-14)18(20,21)22/h2-9,15-16H,10H2,1H3. The van der Waals surface area contributed by atoms with Gasteiger partial charge in [0.1, 0.15) is 11.9 Å². The zero-order valence-corrected chi connectivity index (χ0v) is 15.2. The van der Waals surface area contributed by atoms with Crippen LogP contribution < -0.4 is 4.74 Å². The van der Waals surface area contributed by atoms with E-state index in [2.05, 4.69) is 4.74 Å². The summed E-state index contributed by atoms with van der Waals surface area (Å²) in [6.45, 7) is 0. The van der Waals surface area contributed by atoms with Crippen molar-refractivity contribution in [1.29, 1.82) is 0 Å². The van der Waals surface area contributed by atoms with E-state index in [0.717, 1.165) is 31.4 Å². The van der Waals surface area contributed by atoms with E-state index in [0.29, 0.717) is 10.6 Å². The summed E-state index contributed by atoms with van der Waals surface area (Å²) in [5, 5.41) is 11.6. The third-order valence-electron chi connectivity index (χ3n) is 3.87. The summed E-state index contributed by atoms with van der Waals surface area (Å²) in [5.41, 5.74) is -0.402. The second-order valence-electron chi connectivity index (χ2n) is 5.74. The first kappa shape index (κ1) is 21.5. The average molecular weight is 418 g/mol. The van der Waals surface area contributed by atoms with Gasteiger partial charge in [-0.25, -0.2) is 4.79 Å². The molecule has 0 aliphatic heterocycles. The fraction of sp³-hybridized carbons (Fsp3) is 0.278. The van der Waals surface area contributed by atoms with Gasteiger partial charge in [0.05, 0.1) is 19.1 Å². The van der Waals surface area contributed by atoms with Crippen LogP contribution >= 0.6 is 11.6 Å². The minimum atomic E-state index is -4.50. The summed E-state index contributed by atoms with van der Waals surface area (Å²) >= 11 is 5.84. The number of ether oxygens (including phenoxy) is 2. The number of nitrogens with zero attached hydrogens (tertiary/aromatic N) is 1. The Hall–Kier alpha value is -2.81. The summed E-state index contributed by atoms with van der Waals surface area (Å²) in [6.07, 6.45) is -5.89. The third kappa shape index (κ3) is 5.59. The molecule has 150 valence electrons. The Morgan fingerprint density at radius 2 is 1.71 bits per heavy atom. The van der Waals surface area contributed by atoms with E-state index >= 15 is 0 Å². The highest BCUT2D eigenvalue weighted by Crippen LogP contribution is 2.32. The topological polar surface area (TPSA) is 78.7 Å². The van der Waals surface area contributed by atoms with Crippen LogP contribution in [-0.4, -0.2) is 24.0 Å². The molecule has 0 radical (unpaired) electrons. The van der Waals surface area contributed by atoms with Crippen LogP contribution in [0.1, 0.15) is 23.7 Å². The first-order valence-electron chi connectivity index (χ1n) is 7.92. The Morgan fingerprint density at radius 1 is 1.14 bits per heavy atom. The van der Waals surface area contributed by atoms with Crippen LogP contribution in [0.5, 0.6) is 5.75 Å². The van der Waals surface area contributed by atoms with E-state index in [-0.39, 0.29) is 12.2 Å². The van der Waals surface area contributed by atoms with Crippen LogP contribution in [0.15, 0.2) is 48.5 Å². The predicted octanol–water partition coefficient (Wildman–Crippen LogP) is 4.69. The normalized spacial score (nSPS) is 13.5. The zero-order chi connectivity index (χ0) is 20.9. The van der Waals surface area contributed by atoms with E-state index in [1.807, 2.05) is 0 Å². The maximum Gasteiger partial charge on any atom is 0.416 e. The molecule has 0 spiro atoms. The SMILES string of the molecule is COC(=O)C(CC(Oc1ccc(C(F)(F)F)cc1)c1ccc(Cl)cc1)[N+](=O)[O-]. The molecule has 2 atom stereocenters. The van der Waals surface area contributed by atoms with Crippen molar-refractivity contribution >= 4 is 17.6 Å². The highest BCUT2D eigenvalue weighted by Gasteiger charge is 2.36. The Bertz CT molecular complexity index is 825. The molecule has 2 aromatic carbocycles. The van der Waals surface area contributed by atoms with Crippen LogP contribution in [0.25, 0.3) is 0 Å². The monoisotopic (exact) mass is 417 g/mol. The van der Waals surface area contributed by atoms with Gasteiger partial charge in [-0.15, -0.1) is 0 Å². The van der Waals surface area contributed by atoms with Crippen LogP contribution in [0, 0.1) is 10.1 Å². The fourth-order valence-corrected chi connectivity index (χ4v) is 2.55. The predicted molar refractivity (Wildman–Crippen MR) is 93.7 cm³/mol. The number of carbonyl (C=O) groups excluding carboxylic acids is 1. The van der Waals surface area contributed by atoms with Crippen molar-refractivity contribution in [1.82, 2.24) is 0 Å². The zero-order valence-electron chi connectivity index (χ0n) is 14.5. The Kier molecular flexibility index (Phi) is 6.85. The number of halogens is 4. The molecule has 2 unspecified atom stereocenters. The van der Waals surface area contributed by atoms with Gasteiger partial charge >= 0.3 is 18.2 Å². The molecule has 0 N–H and O–H groups in total. The number of esters is 1. The number of methoxy groups -OCH3 is 1. The van der Waals surface area contributed by atoms with Gasteiger partial charge in [-0.3, -0.25) is 10.1 Å². The summed E-state index contributed by atoms with van der Waals surface area (Å²) in [7, 11) is 1.02. The molecular formula is C18H15ClF3NO5. The molecule has 2 rings (SSSR count). The lowest BCUT2D eigenvalue weighted by Crippen LogP contribution is -2.33. The quantitative estimate of drug-likeness (QED) is 0.371. The smallest absolute Gasteiger partial charge is 0.416 e. The van der Waals surface area contributed by atoms with Gasteiger partial charge in [0.2, 0.25) is 0 Å². The molecule has 0 aromatic heterocycles. The van der Waals surface area contributed by atoms with Crippen molar-refractivity contribution in [2.24, 2.45) is 0 Å². The summed E-state index contributed by atoms with van der Waals surface area (Å²) in [6, 6.07) is 8.31. The number of benzene rings is 2. The molecule has 6 nitrogen and oxygen atoms in total. The molecule has 0 fully saturated rings. The highest BCUT2D eigenvalue weighted by molar-refractivity contribution is 6.30. The first-order chi connectivity index (χ1) is 13.1. The summed E-state index contributed by atoms with van der Waals surface area (Å²) in [4.78, 5) is 22.1. The second-order valence-corrected chi connectivity index (χ2v) is 6.18. The van der Waals surface area contributed by atoms with Gasteiger partial charge in [0, 0.05) is 9.95 Å². The van der Waals surface area contributed by atoms with Crippen LogP contribution in [-0.2, 0) is 15.7 Å². The average Bonchev–Trinajstić information content (AvgIpc) is 2.64. The van der Waals surface area contributed by atoms with Gasteiger partial charge < -0.3 is 9.47 Å². The number of rotatable bonds is 7. The molecule has 0 saturated heterocycles. The molecular weight excluding hydrogens is 403 g/mol. The third-order valence-corrected chi connectivity index (χ3v) is 4.12. The summed E-state index contributed by atoms with van der Waals surface area (Å²) in [5.74, 6) is -1.00. The maximum absolute atomic E-state index is 12.7. The Balaban J connectivity index is 2.31. The van der Waals surface area contributed by atoms with E-state index in [4.69, 9.17) is 16.3 Å². The Labute approximate surface area is 163 Å². The van der Waals surface area contributed by atoms with Gasteiger partial charge in [0.25, 0.3) is 0 Å². The van der Waals surface area contributed by atoms with Crippen molar-refractivity contribution < 1.29 is 32.4 Å². The van der Waals surface area contributed by atoms with Gasteiger partial charge in [0.15, 0.2) is 0 Å². The van der Waals surface area contributed by atoms with Crippen LogP contribution in [0.3, 0.4) is 0 Å². The number of alkyl halides is 3. The lowest BCUT2D eigenvalue weighted by atomic mass is 10.0. The van der Waals surface area contributed by atoms with Gasteiger partial charge in [-0.1, -0.05) is 23.7 Å². The van der Waals surface area contributed by atoms with Crippen molar-refractivity contribution in [2.75, 3.05) is 7.11 Å². The molecule has 0 heterocycles. The molecule has 0 amide bonds. The van der Waals surface area contributed by atoms with Crippen molar-refractivity contribution in [2.45, 2.75) is 24.7 Å². The van der Waals surface area contributed by atoms with E-state index < -0.39 is 34.8 Å². The van der Waals surface area contributed by atoms with Crippen LogP contribution in [0.2, 0.25) is 5.02 Å². The van der Waals surface area contributed by atoms with Crippen LogP contribution in [0.4, 0.5) is 13.2 Å². The maximum atomic E-state index is 12.7. The number of hydrogen-bond acceptors (Lipinski definition) is 5. The number of carbonyl (C=O) groups is 1. The van der Waals surface area contributed by atoms with Crippen molar-refractivity contribution in [3.8, 4) is 5.75 Å². The number of nitro groups is 1. The second kappa shape index (κ2) is 8.92. The van der Waals surface area contributed by atoms with E-state index in [1.165, 1.54) is 12.1 Å². The fourth-order valence-electron chi connectivity index (χ4n) is 2.42. The first-order valence-corrected chi connectivity index (χ1v) is 8.30. The lowest BCUT2D eigenvalue weighted by molar-refractivity contribution is -0.512. The van der Waals surface area contributed by atoms with Crippen molar-refractivity contribution in [3.63, 3.8) is 0 Å². The van der Waals surface area contributed by atoms with E-state index in [1.54, 1.807) is 12.1 Å². The minimum absolute atomic E-state index is 0.0555. The highest BCUT2D eigenvalue weighted by atomic mass is 35.5. The van der Waals surface area contributed by atoms with Crippen molar-refractivity contribution in [3.05, 3.63) is 74.8 Å². The van der Waals surface area contributed by atoms with Gasteiger partial charge in [-0.05, 0) is 42.0 Å². The molecule has 28 heavy (non-hydrogen) atoms. The molecule has 0 aliphatic rings. The Morgan fingerprint density at radius 3 is 2.18 bits per heavy atom. The molecule has 0 aliphatic carbocycles. The summed E-state index contributed by atoms with van der Waals surface area (Å²) < 4.78 is 48.2. The lowest BCUT2D eigenvalue weighted by Gasteiger charge is -2.21. The molecule has 2 aromatic rings. The number of hydrogen-bond donors (Lipinski definition) is 0. The molecule has 0 bridgehead atoms. The molecule has 0 saturated carbocycles. The van der Waals surface area contributed by atoms with E-state index in [9.17, 15) is 28.1 Å². The minimum Gasteiger partial charge on any atom is -0.485 e. The molecule has 10 heteroatoms. The van der Waals surface area contributed by atoms with Gasteiger partial charge in [-0.2, -0.15) is 13.2 Å².